The van der Waals surface area contributed by atoms with Crippen LogP contribution in [0.25, 0.3) is 17.4 Å². The molecule has 0 atom stereocenters. The lowest BCUT2D eigenvalue weighted by Crippen LogP contribution is -2.41. The Morgan fingerprint density at radius 1 is 1.17 bits per heavy atom. The first-order valence-corrected chi connectivity index (χ1v) is 7.52. The average Bonchev–Trinajstić information content (AvgIpc) is 3.09. The van der Waals surface area contributed by atoms with E-state index in [1.54, 1.807) is 29.2 Å². The van der Waals surface area contributed by atoms with Crippen LogP contribution < -0.4 is 0 Å². The predicted octanol–water partition coefficient (Wildman–Crippen LogP) is 2.85. The van der Waals surface area contributed by atoms with Gasteiger partial charge in [-0.1, -0.05) is 0 Å². The molecule has 2 aromatic rings. The van der Waals surface area contributed by atoms with Crippen molar-refractivity contribution < 1.29 is 18.3 Å². The predicted molar refractivity (Wildman–Crippen MR) is 85.1 cm³/mol. The standard InChI is InChI=1S/C18H15FN2O3/c19-15-3-1-13(2-4-15)17-6-5-16(24-17)11-14(12-20)18(22)21-7-9-23-10-8-21/h1-6,11H,7-10H2. The molecule has 122 valence electrons. The van der Waals surface area contributed by atoms with Crippen molar-refractivity contribution in [3.05, 3.63) is 53.5 Å². The molecule has 1 aromatic carbocycles. The third-order valence-corrected chi connectivity index (χ3v) is 3.69. The first-order valence-electron chi connectivity index (χ1n) is 7.52. The molecular formula is C18H15FN2O3. The third-order valence-electron chi connectivity index (χ3n) is 3.69. The van der Waals surface area contributed by atoms with Crippen LogP contribution in [0.4, 0.5) is 4.39 Å². The molecule has 5 nitrogen and oxygen atoms in total. The Bertz CT molecular complexity index is 796. The van der Waals surface area contributed by atoms with Gasteiger partial charge in [-0.15, -0.1) is 0 Å². The molecule has 1 amide bonds. The van der Waals surface area contributed by atoms with Gasteiger partial charge in [-0.25, -0.2) is 4.39 Å². The lowest BCUT2D eigenvalue weighted by molar-refractivity contribution is -0.130. The monoisotopic (exact) mass is 326 g/mol. The minimum atomic E-state index is -0.333. The van der Waals surface area contributed by atoms with Crippen LogP contribution in [0, 0.1) is 17.1 Å². The molecular weight excluding hydrogens is 311 g/mol. The van der Waals surface area contributed by atoms with Crippen LogP contribution in [0.2, 0.25) is 0 Å². The van der Waals surface area contributed by atoms with Crippen molar-refractivity contribution in [1.29, 1.82) is 5.26 Å². The van der Waals surface area contributed by atoms with E-state index in [0.717, 1.165) is 0 Å². The number of morpholine rings is 1. The second kappa shape index (κ2) is 7.11. The molecule has 0 bridgehead atoms. The van der Waals surface area contributed by atoms with Gasteiger partial charge in [-0.2, -0.15) is 5.26 Å². The normalized spacial score (nSPS) is 15.2. The minimum absolute atomic E-state index is 0.0110. The SMILES string of the molecule is N#CC(=Cc1ccc(-c2ccc(F)cc2)o1)C(=O)N1CCOCC1. The smallest absolute Gasteiger partial charge is 0.264 e. The first kappa shape index (κ1) is 16.0. The number of nitriles is 1. The van der Waals surface area contributed by atoms with Crippen molar-refractivity contribution in [3.63, 3.8) is 0 Å². The zero-order valence-corrected chi connectivity index (χ0v) is 12.9. The summed E-state index contributed by atoms with van der Waals surface area (Å²) in [5.74, 6) is 0.277. The van der Waals surface area contributed by atoms with Crippen molar-refractivity contribution in [2.45, 2.75) is 0 Å². The fraction of sp³-hybridized carbons (Fsp3) is 0.222. The second-order valence-corrected chi connectivity index (χ2v) is 5.28. The van der Waals surface area contributed by atoms with Crippen molar-refractivity contribution in [3.8, 4) is 17.4 Å². The fourth-order valence-corrected chi connectivity index (χ4v) is 2.42. The molecule has 0 unspecified atom stereocenters. The highest BCUT2D eigenvalue weighted by Crippen LogP contribution is 2.24. The van der Waals surface area contributed by atoms with Gasteiger partial charge in [0, 0.05) is 24.7 Å². The summed E-state index contributed by atoms with van der Waals surface area (Å²) in [7, 11) is 0. The van der Waals surface area contributed by atoms with Gasteiger partial charge in [0.25, 0.3) is 5.91 Å². The van der Waals surface area contributed by atoms with Crippen molar-refractivity contribution >= 4 is 12.0 Å². The summed E-state index contributed by atoms with van der Waals surface area (Å²) >= 11 is 0. The number of hydrogen-bond donors (Lipinski definition) is 0. The van der Waals surface area contributed by atoms with Crippen LogP contribution >= 0.6 is 0 Å². The second-order valence-electron chi connectivity index (χ2n) is 5.28. The summed E-state index contributed by atoms with van der Waals surface area (Å²) in [4.78, 5) is 13.9. The summed E-state index contributed by atoms with van der Waals surface area (Å²) < 4.78 is 23.8. The number of ether oxygens (including phenoxy) is 1. The van der Waals surface area contributed by atoms with E-state index in [9.17, 15) is 14.4 Å². The zero-order valence-electron chi connectivity index (χ0n) is 12.9. The molecule has 6 heteroatoms. The number of rotatable bonds is 3. The van der Waals surface area contributed by atoms with Crippen LogP contribution in [0.3, 0.4) is 0 Å². The van der Waals surface area contributed by atoms with Crippen LogP contribution in [-0.2, 0) is 9.53 Å². The number of halogens is 1. The molecule has 0 N–H and O–H groups in total. The summed E-state index contributed by atoms with van der Waals surface area (Å²) in [6, 6.07) is 11.2. The van der Waals surface area contributed by atoms with Crippen LogP contribution in [0.15, 0.2) is 46.4 Å². The van der Waals surface area contributed by atoms with Crippen molar-refractivity contribution in [2.75, 3.05) is 26.3 Å². The maximum absolute atomic E-state index is 13.0. The molecule has 1 saturated heterocycles. The summed E-state index contributed by atoms with van der Waals surface area (Å²) in [5.41, 5.74) is 0.728. The maximum Gasteiger partial charge on any atom is 0.264 e. The Kier molecular flexibility index (Phi) is 4.73. The number of furan rings is 1. The number of benzene rings is 1. The molecule has 2 heterocycles. The quantitative estimate of drug-likeness (QED) is 0.642. The van der Waals surface area contributed by atoms with E-state index < -0.39 is 0 Å². The molecule has 1 aromatic heterocycles. The molecule has 1 aliphatic heterocycles. The highest BCUT2D eigenvalue weighted by atomic mass is 19.1. The summed E-state index contributed by atoms with van der Waals surface area (Å²) in [6.07, 6.45) is 1.42. The molecule has 0 saturated carbocycles. The number of hydrogen-bond acceptors (Lipinski definition) is 4. The van der Waals surface area contributed by atoms with Crippen molar-refractivity contribution in [2.24, 2.45) is 0 Å². The fourth-order valence-electron chi connectivity index (χ4n) is 2.42. The number of carbonyl (C=O) groups is 1. The van der Waals surface area contributed by atoms with Gasteiger partial charge in [-0.05, 0) is 36.4 Å². The molecule has 0 radical (unpaired) electrons. The summed E-state index contributed by atoms with van der Waals surface area (Å²) in [5, 5.41) is 9.26. The summed E-state index contributed by atoms with van der Waals surface area (Å²) in [6.45, 7) is 1.88. The Morgan fingerprint density at radius 2 is 1.88 bits per heavy atom. The molecule has 0 spiro atoms. The average molecular weight is 326 g/mol. The molecule has 1 fully saturated rings. The Morgan fingerprint density at radius 3 is 2.54 bits per heavy atom. The molecule has 0 aliphatic carbocycles. The maximum atomic E-state index is 13.0. The highest BCUT2D eigenvalue weighted by molar-refractivity contribution is 6.01. The lowest BCUT2D eigenvalue weighted by atomic mass is 10.2. The van der Waals surface area contributed by atoms with Gasteiger partial charge in [0.05, 0.1) is 13.2 Å². The van der Waals surface area contributed by atoms with E-state index in [1.807, 2.05) is 6.07 Å². The van der Waals surface area contributed by atoms with E-state index >= 15 is 0 Å². The van der Waals surface area contributed by atoms with E-state index in [0.29, 0.717) is 43.4 Å². The number of carbonyl (C=O) groups excluding carboxylic acids is 1. The van der Waals surface area contributed by atoms with Gasteiger partial charge in [-0.3, -0.25) is 4.79 Å². The zero-order chi connectivity index (χ0) is 16.9. The topological polar surface area (TPSA) is 66.5 Å². The lowest BCUT2D eigenvalue weighted by Gasteiger charge is -2.26. The molecule has 1 aliphatic rings. The Labute approximate surface area is 138 Å². The van der Waals surface area contributed by atoms with Gasteiger partial charge in [0.15, 0.2) is 0 Å². The molecule has 24 heavy (non-hydrogen) atoms. The van der Waals surface area contributed by atoms with E-state index in [2.05, 4.69) is 0 Å². The molecule has 3 rings (SSSR count). The number of amides is 1. The van der Waals surface area contributed by atoms with Crippen molar-refractivity contribution in [1.82, 2.24) is 4.90 Å². The van der Waals surface area contributed by atoms with Crippen LogP contribution in [0.1, 0.15) is 5.76 Å². The first-order chi connectivity index (χ1) is 11.7. The van der Waals surface area contributed by atoms with Crippen LogP contribution in [0.5, 0.6) is 0 Å². The minimum Gasteiger partial charge on any atom is -0.457 e. The van der Waals surface area contributed by atoms with Gasteiger partial charge >= 0.3 is 0 Å². The van der Waals surface area contributed by atoms with Gasteiger partial charge in [0.1, 0.15) is 29.0 Å². The highest BCUT2D eigenvalue weighted by Gasteiger charge is 2.21. The van der Waals surface area contributed by atoms with Gasteiger partial charge in [0.2, 0.25) is 0 Å². The van der Waals surface area contributed by atoms with Gasteiger partial charge < -0.3 is 14.1 Å². The van der Waals surface area contributed by atoms with E-state index in [-0.39, 0.29) is 17.3 Å². The third kappa shape index (κ3) is 3.53. The van der Waals surface area contributed by atoms with Crippen LogP contribution in [-0.4, -0.2) is 37.1 Å². The number of nitrogens with zero attached hydrogens (tertiary/aromatic N) is 2. The largest absolute Gasteiger partial charge is 0.457 e. The Hall–Kier alpha value is -2.91. The van der Waals surface area contributed by atoms with E-state index in [1.165, 1.54) is 18.2 Å². The van der Waals surface area contributed by atoms with E-state index in [4.69, 9.17) is 9.15 Å². The Balaban J connectivity index is 1.80.